The molecule has 0 amide bonds. The number of hydrogen-bond acceptors (Lipinski definition) is 3. The quantitative estimate of drug-likeness (QED) is 0.418. The van der Waals surface area contributed by atoms with Crippen molar-refractivity contribution in [1.29, 1.82) is 0 Å². The predicted molar refractivity (Wildman–Crippen MR) is 103 cm³/mol. The fourth-order valence-corrected chi connectivity index (χ4v) is 5.74. The third kappa shape index (κ3) is 4.21. The van der Waals surface area contributed by atoms with E-state index in [2.05, 4.69) is 27.4 Å². The maximum absolute atomic E-state index is 11.6. The van der Waals surface area contributed by atoms with E-state index in [9.17, 15) is 9.59 Å². The van der Waals surface area contributed by atoms with Crippen LogP contribution in [0.15, 0.2) is 23.8 Å². The molecule has 4 heteroatoms. The normalized spacial score (nSPS) is 32.5. The molecule has 4 nitrogen and oxygen atoms in total. The van der Waals surface area contributed by atoms with Gasteiger partial charge in [0.1, 0.15) is 6.10 Å². The summed E-state index contributed by atoms with van der Waals surface area (Å²) >= 11 is 0. The minimum absolute atomic E-state index is 0.124. The fourth-order valence-electron chi connectivity index (χ4n) is 5.74. The summed E-state index contributed by atoms with van der Waals surface area (Å²) in [6.45, 7) is 14.6. The van der Waals surface area contributed by atoms with Crippen molar-refractivity contribution in [1.82, 2.24) is 0 Å². The van der Waals surface area contributed by atoms with Crippen LogP contribution in [0.5, 0.6) is 0 Å². The lowest BCUT2D eigenvalue weighted by atomic mass is 9.47. The Morgan fingerprint density at radius 2 is 1.96 bits per heavy atom. The van der Waals surface area contributed by atoms with Crippen molar-refractivity contribution in [3.05, 3.63) is 23.8 Å². The number of hydrogen-bond donors (Lipinski definition) is 1. The van der Waals surface area contributed by atoms with Gasteiger partial charge < -0.3 is 9.84 Å². The monoisotopic (exact) mass is 362 g/mol. The van der Waals surface area contributed by atoms with Crippen LogP contribution in [0.4, 0.5) is 0 Å². The van der Waals surface area contributed by atoms with Crippen LogP contribution >= 0.6 is 0 Å². The van der Waals surface area contributed by atoms with Crippen molar-refractivity contribution in [2.24, 2.45) is 22.7 Å². The first-order valence-electron chi connectivity index (χ1n) is 9.73. The summed E-state index contributed by atoms with van der Waals surface area (Å²) in [5.74, 6) is -0.534. The van der Waals surface area contributed by atoms with Gasteiger partial charge in [0.2, 0.25) is 0 Å². The Bertz CT molecular complexity index is 616. The van der Waals surface area contributed by atoms with Crippen LogP contribution in [0.1, 0.15) is 73.1 Å². The molecule has 2 rings (SSSR count). The highest BCUT2D eigenvalue weighted by Gasteiger charge is 2.53. The number of allylic oxidation sites excluding steroid dienone is 1. The van der Waals surface area contributed by atoms with Crippen LogP contribution < -0.4 is 0 Å². The number of carboxylic acid groups (broad SMARTS) is 1. The molecule has 2 fully saturated rings. The molecular formula is C22H34O4. The van der Waals surface area contributed by atoms with Gasteiger partial charge in [-0.1, -0.05) is 39.3 Å². The molecule has 0 bridgehead atoms. The minimum atomic E-state index is -1.01. The molecule has 0 aromatic heterocycles. The molecule has 0 spiro atoms. The number of ether oxygens (including phenoxy) is 1. The molecule has 26 heavy (non-hydrogen) atoms. The van der Waals surface area contributed by atoms with E-state index in [0.29, 0.717) is 23.3 Å². The van der Waals surface area contributed by atoms with Gasteiger partial charge in [0, 0.05) is 13.0 Å². The summed E-state index contributed by atoms with van der Waals surface area (Å²) in [6.07, 6.45) is 7.04. The first-order valence-corrected chi connectivity index (χ1v) is 9.73. The van der Waals surface area contributed by atoms with Crippen molar-refractivity contribution in [3.8, 4) is 0 Å². The molecule has 1 N–H and O–H groups in total. The summed E-state index contributed by atoms with van der Waals surface area (Å²) < 4.78 is 5.53. The first-order chi connectivity index (χ1) is 12.0. The molecule has 4 atom stereocenters. The van der Waals surface area contributed by atoms with Gasteiger partial charge >= 0.3 is 11.9 Å². The molecule has 0 aromatic carbocycles. The molecule has 0 saturated heterocycles. The zero-order valence-corrected chi connectivity index (χ0v) is 16.9. The van der Waals surface area contributed by atoms with Crippen molar-refractivity contribution >= 4 is 11.9 Å². The van der Waals surface area contributed by atoms with Gasteiger partial charge in [0.15, 0.2) is 0 Å². The third-order valence-electron chi connectivity index (χ3n) is 6.94. The Balaban J connectivity index is 2.34. The first kappa shape index (κ1) is 20.7. The van der Waals surface area contributed by atoms with Crippen molar-refractivity contribution < 1.29 is 19.4 Å². The average molecular weight is 363 g/mol. The Labute approximate surface area is 157 Å². The molecule has 0 aromatic rings. The van der Waals surface area contributed by atoms with Gasteiger partial charge in [0.25, 0.3) is 0 Å². The molecule has 2 saturated carbocycles. The smallest absolute Gasteiger partial charge is 0.328 e. The highest BCUT2D eigenvalue weighted by atomic mass is 16.5. The van der Waals surface area contributed by atoms with Gasteiger partial charge in [-0.15, -0.1) is 0 Å². The van der Waals surface area contributed by atoms with Gasteiger partial charge in [-0.3, -0.25) is 4.79 Å². The summed E-state index contributed by atoms with van der Waals surface area (Å²) in [5.41, 5.74) is 2.23. The lowest BCUT2D eigenvalue weighted by Gasteiger charge is -2.58. The van der Waals surface area contributed by atoms with E-state index in [4.69, 9.17) is 9.84 Å². The number of rotatable bonds is 5. The van der Waals surface area contributed by atoms with Crippen molar-refractivity contribution in [2.75, 3.05) is 0 Å². The average Bonchev–Trinajstić information content (AvgIpc) is 2.47. The number of carbonyl (C=O) groups excluding carboxylic acids is 1. The number of carbonyl (C=O) groups is 2. The second kappa shape index (κ2) is 7.58. The van der Waals surface area contributed by atoms with Crippen LogP contribution in [0.2, 0.25) is 0 Å². The van der Waals surface area contributed by atoms with Crippen LogP contribution in [0, 0.1) is 22.7 Å². The molecule has 0 heterocycles. The predicted octanol–water partition coefficient (Wildman–Crippen LogP) is 5.14. The lowest BCUT2D eigenvalue weighted by Crippen LogP contribution is -2.50. The van der Waals surface area contributed by atoms with E-state index >= 15 is 0 Å². The van der Waals surface area contributed by atoms with Crippen molar-refractivity contribution in [2.45, 2.75) is 79.2 Å². The summed E-state index contributed by atoms with van der Waals surface area (Å²) in [6, 6.07) is 0. The topological polar surface area (TPSA) is 63.6 Å². The number of fused-ring (bicyclic) bond motifs is 1. The maximum atomic E-state index is 11.6. The van der Waals surface area contributed by atoms with E-state index in [1.54, 1.807) is 6.92 Å². The molecule has 0 unspecified atom stereocenters. The van der Waals surface area contributed by atoms with Crippen molar-refractivity contribution in [3.63, 3.8) is 0 Å². The number of aliphatic carboxylic acids is 1. The summed E-state index contributed by atoms with van der Waals surface area (Å²) in [7, 11) is 0. The van der Waals surface area contributed by atoms with Crippen LogP contribution in [0.3, 0.4) is 0 Å². The Morgan fingerprint density at radius 3 is 2.54 bits per heavy atom. The van der Waals surface area contributed by atoms with Crippen LogP contribution in [-0.4, -0.2) is 23.1 Å². The van der Waals surface area contributed by atoms with E-state index < -0.39 is 12.1 Å². The molecular weight excluding hydrogens is 328 g/mol. The highest BCUT2D eigenvalue weighted by Crippen LogP contribution is 2.61. The highest BCUT2D eigenvalue weighted by molar-refractivity contribution is 5.80. The second-order valence-electron chi connectivity index (χ2n) is 9.21. The molecule has 0 radical (unpaired) electrons. The van der Waals surface area contributed by atoms with Gasteiger partial charge in [-0.2, -0.15) is 0 Å². The summed E-state index contributed by atoms with van der Waals surface area (Å²) in [5, 5.41) is 9.10. The van der Waals surface area contributed by atoms with E-state index in [1.165, 1.54) is 31.8 Å². The van der Waals surface area contributed by atoms with E-state index in [1.807, 2.05) is 0 Å². The van der Waals surface area contributed by atoms with Gasteiger partial charge in [-0.05, 0) is 67.3 Å². The maximum Gasteiger partial charge on any atom is 0.328 e. The third-order valence-corrected chi connectivity index (χ3v) is 6.94. The molecule has 2 aliphatic carbocycles. The van der Waals surface area contributed by atoms with Gasteiger partial charge in [-0.25, -0.2) is 4.79 Å². The zero-order valence-electron chi connectivity index (χ0n) is 16.9. The zero-order chi connectivity index (χ0) is 19.7. The standard InChI is InChI=1S/C22H34O4/c1-14-8-9-19-21(4,5)10-7-11-22(19,6)17(14)13-18(26-16(3)23)15(2)12-20(24)25/h12,17-19H,1,7-11,13H2,2-6H3,(H,24,25)/b15-12+/t17-,18+,19-,22+/m1/s1. The molecule has 0 aliphatic heterocycles. The lowest BCUT2D eigenvalue weighted by molar-refractivity contribution is -0.147. The van der Waals surface area contributed by atoms with Crippen LogP contribution in [-0.2, 0) is 14.3 Å². The largest absolute Gasteiger partial charge is 0.478 e. The Hall–Kier alpha value is -1.58. The second-order valence-corrected chi connectivity index (χ2v) is 9.21. The number of carboxylic acids is 1. The molecule has 2 aliphatic rings. The van der Waals surface area contributed by atoms with Crippen LogP contribution in [0.25, 0.3) is 0 Å². The minimum Gasteiger partial charge on any atom is -0.478 e. The van der Waals surface area contributed by atoms with E-state index in [0.717, 1.165) is 18.9 Å². The number of esters is 1. The molecule has 146 valence electrons. The SMILES string of the molecule is C=C1CC[C@@H]2C(C)(C)CCC[C@@]2(C)[C@@H]1C[C@H](OC(C)=O)/C(C)=C/C(=O)O. The van der Waals surface area contributed by atoms with Gasteiger partial charge in [0.05, 0.1) is 0 Å². The Morgan fingerprint density at radius 1 is 1.31 bits per heavy atom. The Kier molecular flexibility index (Phi) is 6.04. The van der Waals surface area contributed by atoms with E-state index in [-0.39, 0.29) is 17.3 Å². The summed E-state index contributed by atoms with van der Waals surface area (Å²) in [4.78, 5) is 22.7. The fraction of sp³-hybridized carbons (Fsp3) is 0.727.